The van der Waals surface area contributed by atoms with Gasteiger partial charge in [-0.1, -0.05) is 0 Å². The Balaban J connectivity index is 2.39. The molecule has 3 N–H and O–H groups in total. The van der Waals surface area contributed by atoms with Crippen molar-refractivity contribution in [1.29, 1.82) is 0 Å². The summed E-state index contributed by atoms with van der Waals surface area (Å²) in [6, 6.07) is 4.46. The molecule has 1 rings (SSSR count). The van der Waals surface area contributed by atoms with Crippen LogP contribution in [0, 0.1) is 5.82 Å². The Kier molecular flexibility index (Phi) is 5.94. The van der Waals surface area contributed by atoms with Crippen LogP contribution in [0.15, 0.2) is 18.2 Å². The lowest BCUT2D eigenvalue weighted by Crippen LogP contribution is -2.20. The Labute approximate surface area is 102 Å². The first-order chi connectivity index (χ1) is 8.13. The summed E-state index contributed by atoms with van der Waals surface area (Å²) in [6.45, 7) is 1.83. The molecular weight excluding hydrogens is 219 g/mol. The van der Waals surface area contributed by atoms with E-state index in [2.05, 4.69) is 4.90 Å². The van der Waals surface area contributed by atoms with Crippen LogP contribution in [0.4, 0.5) is 10.1 Å². The van der Waals surface area contributed by atoms with E-state index < -0.39 is 0 Å². The monoisotopic (exact) mass is 240 g/mol. The Morgan fingerprint density at radius 1 is 1.29 bits per heavy atom. The lowest BCUT2D eigenvalue weighted by atomic mass is 10.1. The molecule has 0 unspecified atom stereocenters. The van der Waals surface area contributed by atoms with E-state index in [1.165, 1.54) is 12.1 Å². The number of halogens is 1. The number of anilines is 1. The summed E-state index contributed by atoms with van der Waals surface area (Å²) in [5, 5.41) is 8.66. The third-order valence-corrected chi connectivity index (χ3v) is 2.74. The van der Waals surface area contributed by atoms with E-state index >= 15 is 0 Å². The Morgan fingerprint density at radius 2 is 2.06 bits per heavy atom. The maximum Gasteiger partial charge on any atom is 0.123 e. The Morgan fingerprint density at radius 3 is 2.76 bits per heavy atom. The van der Waals surface area contributed by atoms with Crippen LogP contribution in [-0.4, -0.2) is 30.2 Å². The zero-order valence-corrected chi connectivity index (χ0v) is 10.3. The van der Waals surface area contributed by atoms with Crippen molar-refractivity contribution in [2.24, 2.45) is 0 Å². The molecule has 0 aliphatic carbocycles. The van der Waals surface area contributed by atoms with E-state index in [0.717, 1.165) is 31.4 Å². The van der Waals surface area contributed by atoms with Gasteiger partial charge < -0.3 is 15.7 Å². The lowest BCUT2D eigenvalue weighted by molar-refractivity contribution is 0.271. The molecule has 96 valence electrons. The molecule has 0 spiro atoms. The van der Waals surface area contributed by atoms with Crippen LogP contribution in [0.3, 0.4) is 0 Å². The normalized spacial score (nSPS) is 11.1. The van der Waals surface area contributed by atoms with Crippen molar-refractivity contribution in [3.05, 3.63) is 29.6 Å². The van der Waals surface area contributed by atoms with Crippen molar-refractivity contribution in [2.75, 3.05) is 25.9 Å². The van der Waals surface area contributed by atoms with E-state index in [1.54, 1.807) is 6.07 Å². The summed E-state index contributed by atoms with van der Waals surface area (Å²) in [6.07, 6.45) is 2.89. The SMILES string of the molecule is CN(CCCCCO)Cc1cc(F)ccc1N. The summed E-state index contributed by atoms with van der Waals surface area (Å²) in [5.74, 6) is -0.247. The maximum absolute atomic E-state index is 13.0. The van der Waals surface area contributed by atoms with Gasteiger partial charge in [-0.05, 0) is 56.6 Å². The molecule has 0 fully saturated rings. The number of benzene rings is 1. The fourth-order valence-corrected chi connectivity index (χ4v) is 1.75. The second-order valence-electron chi connectivity index (χ2n) is 4.37. The Hall–Kier alpha value is -1.13. The number of nitrogens with zero attached hydrogens (tertiary/aromatic N) is 1. The number of hydrogen-bond donors (Lipinski definition) is 2. The van der Waals surface area contributed by atoms with Crippen LogP contribution in [0.1, 0.15) is 24.8 Å². The first-order valence-corrected chi connectivity index (χ1v) is 5.97. The molecule has 0 aliphatic rings. The summed E-state index contributed by atoms with van der Waals surface area (Å²) in [5.41, 5.74) is 7.25. The van der Waals surface area contributed by atoms with Gasteiger partial charge in [0.25, 0.3) is 0 Å². The molecule has 0 heterocycles. The van der Waals surface area contributed by atoms with Gasteiger partial charge >= 0.3 is 0 Å². The van der Waals surface area contributed by atoms with Gasteiger partial charge in [0.1, 0.15) is 5.82 Å². The fourth-order valence-electron chi connectivity index (χ4n) is 1.75. The molecule has 0 saturated carbocycles. The van der Waals surface area contributed by atoms with Gasteiger partial charge in [0.15, 0.2) is 0 Å². The van der Waals surface area contributed by atoms with Crippen molar-refractivity contribution >= 4 is 5.69 Å². The number of rotatable bonds is 7. The molecule has 0 aliphatic heterocycles. The van der Waals surface area contributed by atoms with Crippen molar-refractivity contribution < 1.29 is 9.50 Å². The second-order valence-corrected chi connectivity index (χ2v) is 4.37. The van der Waals surface area contributed by atoms with Crippen LogP contribution in [0.5, 0.6) is 0 Å². The van der Waals surface area contributed by atoms with Crippen molar-refractivity contribution in [2.45, 2.75) is 25.8 Å². The minimum atomic E-state index is -0.247. The molecule has 0 atom stereocenters. The molecule has 3 nitrogen and oxygen atoms in total. The van der Waals surface area contributed by atoms with Crippen LogP contribution < -0.4 is 5.73 Å². The van der Waals surface area contributed by atoms with Gasteiger partial charge in [-0.15, -0.1) is 0 Å². The zero-order chi connectivity index (χ0) is 12.7. The Bertz CT molecular complexity index is 344. The highest BCUT2D eigenvalue weighted by molar-refractivity contribution is 5.46. The molecule has 1 aromatic rings. The average Bonchev–Trinajstić information content (AvgIpc) is 2.29. The van der Waals surface area contributed by atoms with Gasteiger partial charge in [-0.3, -0.25) is 0 Å². The largest absolute Gasteiger partial charge is 0.398 e. The molecule has 4 heteroatoms. The van der Waals surface area contributed by atoms with E-state index in [-0.39, 0.29) is 12.4 Å². The minimum Gasteiger partial charge on any atom is -0.398 e. The van der Waals surface area contributed by atoms with Gasteiger partial charge in [0.2, 0.25) is 0 Å². The first-order valence-electron chi connectivity index (χ1n) is 5.97. The van der Waals surface area contributed by atoms with Crippen LogP contribution in [0.25, 0.3) is 0 Å². The molecule has 1 aromatic carbocycles. The van der Waals surface area contributed by atoms with E-state index in [1.807, 2.05) is 7.05 Å². The van der Waals surface area contributed by atoms with Gasteiger partial charge in [0.05, 0.1) is 0 Å². The van der Waals surface area contributed by atoms with Crippen molar-refractivity contribution in [1.82, 2.24) is 4.90 Å². The molecule has 0 saturated heterocycles. The van der Waals surface area contributed by atoms with Crippen LogP contribution in [-0.2, 0) is 6.54 Å². The molecular formula is C13H21FN2O. The van der Waals surface area contributed by atoms with Crippen LogP contribution in [0.2, 0.25) is 0 Å². The average molecular weight is 240 g/mol. The van der Waals surface area contributed by atoms with Crippen molar-refractivity contribution in [3.63, 3.8) is 0 Å². The number of unbranched alkanes of at least 4 members (excludes halogenated alkanes) is 2. The topological polar surface area (TPSA) is 49.5 Å². The number of hydrogen-bond acceptors (Lipinski definition) is 3. The number of nitrogen functional groups attached to an aromatic ring is 1. The molecule has 17 heavy (non-hydrogen) atoms. The second kappa shape index (κ2) is 7.25. The van der Waals surface area contributed by atoms with Crippen molar-refractivity contribution in [3.8, 4) is 0 Å². The summed E-state index contributed by atoms with van der Waals surface area (Å²) in [4.78, 5) is 2.11. The van der Waals surface area contributed by atoms with E-state index in [9.17, 15) is 4.39 Å². The highest BCUT2D eigenvalue weighted by Crippen LogP contribution is 2.15. The lowest BCUT2D eigenvalue weighted by Gasteiger charge is -2.17. The third-order valence-electron chi connectivity index (χ3n) is 2.74. The standard InChI is InChI=1S/C13H21FN2O/c1-16(7-3-2-4-8-17)10-11-9-12(14)5-6-13(11)15/h5-6,9,17H,2-4,7-8,10,15H2,1H3. The summed E-state index contributed by atoms with van der Waals surface area (Å²) in [7, 11) is 1.99. The fraction of sp³-hybridized carbons (Fsp3) is 0.538. The van der Waals surface area contributed by atoms with Gasteiger partial charge in [-0.25, -0.2) is 4.39 Å². The third kappa shape index (κ3) is 5.15. The molecule has 0 amide bonds. The van der Waals surface area contributed by atoms with Gasteiger partial charge in [0, 0.05) is 18.8 Å². The predicted octanol–water partition coefficient (Wildman–Crippen LogP) is 2.00. The molecule has 0 bridgehead atoms. The number of aliphatic hydroxyl groups is 1. The predicted molar refractivity (Wildman–Crippen MR) is 68.1 cm³/mol. The highest BCUT2D eigenvalue weighted by atomic mass is 19.1. The quantitative estimate of drug-likeness (QED) is 0.566. The minimum absolute atomic E-state index is 0.247. The van der Waals surface area contributed by atoms with E-state index in [0.29, 0.717) is 12.2 Å². The van der Waals surface area contributed by atoms with E-state index in [4.69, 9.17) is 10.8 Å². The molecule has 0 aromatic heterocycles. The van der Waals surface area contributed by atoms with Gasteiger partial charge in [-0.2, -0.15) is 0 Å². The number of nitrogens with two attached hydrogens (primary N) is 1. The smallest absolute Gasteiger partial charge is 0.123 e. The zero-order valence-electron chi connectivity index (χ0n) is 10.3. The highest BCUT2D eigenvalue weighted by Gasteiger charge is 2.05. The summed E-state index contributed by atoms with van der Waals surface area (Å²) < 4.78 is 13.0. The first kappa shape index (κ1) is 13.9. The maximum atomic E-state index is 13.0. The number of aliphatic hydroxyl groups excluding tert-OH is 1. The van der Waals surface area contributed by atoms with Crippen LogP contribution >= 0.6 is 0 Å². The summed E-state index contributed by atoms with van der Waals surface area (Å²) >= 11 is 0. The molecule has 0 radical (unpaired) electrons.